The highest BCUT2D eigenvalue weighted by molar-refractivity contribution is 5.83. The number of fused-ring (bicyclic) bond motifs is 1. The molecule has 0 fully saturated rings. The van der Waals surface area contributed by atoms with E-state index >= 15 is 0 Å². The van der Waals surface area contributed by atoms with Crippen LogP contribution in [0.25, 0.3) is 11.0 Å². The molecule has 0 aliphatic rings. The molecule has 0 radical (unpaired) electrons. The number of rotatable bonds is 5. The van der Waals surface area contributed by atoms with Crippen LogP contribution >= 0.6 is 0 Å². The van der Waals surface area contributed by atoms with E-state index in [0.717, 1.165) is 28.6 Å². The molecule has 1 aromatic heterocycles. The van der Waals surface area contributed by atoms with E-state index in [0.29, 0.717) is 18.7 Å². The number of likely N-dealkylation sites (N-methyl/N-ethyl adjacent to an activating group) is 1. The molecule has 0 aliphatic carbocycles. The zero-order chi connectivity index (χ0) is 14.7. The van der Waals surface area contributed by atoms with Crippen LogP contribution in [0, 0.1) is 13.8 Å². The Morgan fingerprint density at radius 2 is 2.00 bits per heavy atom. The van der Waals surface area contributed by atoms with Crippen LogP contribution in [0.4, 0.5) is 0 Å². The first-order valence-electron chi connectivity index (χ1n) is 6.92. The molecule has 20 heavy (non-hydrogen) atoms. The average Bonchev–Trinajstić information content (AvgIpc) is 2.39. The summed E-state index contributed by atoms with van der Waals surface area (Å²) in [5.41, 5.74) is 3.43. The fourth-order valence-electron chi connectivity index (χ4n) is 2.54. The van der Waals surface area contributed by atoms with Gasteiger partial charge in [0, 0.05) is 24.5 Å². The Balaban J connectivity index is 2.54. The SMILES string of the molecule is CCN(CCO)Cc1cc(=O)oc2c(C)cc(C)cc12. The second-order valence-corrected chi connectivity index (χ2v) is 5.14. The number of hydrogen-bond donors (Lipinski definition) is 1. The van der Waals surface area contributed by atoms with Crippen molar-refractivity contribution in [1.82, 2.24) is 4.90 Å². The first-order valence-corrected chi connectivity index (χ1v) is 6.92. The standard InChI is InChI=1S/C16H21NO3/c1-4-17(5-6-18)10-13-9-15(19)20-16-12(3)7-11(2)8-14(13)16/h7-9,18H,4-6,10H2,1-3H3. The van der Waals surface area contributed by atoms with Crippen molar-refractivity contribution in [3.05, 3.63) is 45.3 Å². The molecule has 4 nitrogen and oxygen atoms in total. The van der Waals surface area contributed by atoms with Gasteiger partial charge < -0.3 is 9.52 Å². The second kappa shape index (κ2) is 6.20. The Labute approximate surface area is 118 Å². The maximum absolute atomic E-state index is 11.7. The van der Waals surface area contributed by atoms with Crippen molar-refractivity contribution < 1.29 is 9.52 Å². The third-order valence-electron chi connectivity index (χ3n) is 3.52. The zero-order valence-corrected chi connectivity index (χ0v) is 12.3. The van der Waals surface area contributed by atoms with E-state index in [1.165, 1.54) is 0 Å². The molecule has 4 heteroatoms. The Morgan fingerprint density at radius 1 is 1.25 bits per heavy atom. The summed E-state index contributed by atoms with van der Waals surface area (Å²) >= 11 is 0. The Kier molecular flexibility index (Phi) is 4.57. The van der Waals surface area contributed by atoms with E-state index in [-0.39, 0.29) is 12.2 Å². The first kappa shape index (κ1) is 14.8. The van der Waals surface area contributed by atoms with Gasteiger partial charge in [0.05, 0.1) is 6.61 Å². The van der Waals surface area contributed by atoms with Crippen LogP contribution in [-0.4, -0.2) is 29.7 Å². The van der Waals surface area contributed by atoms with Crippen molar-refractivity contribution in [2.45, 2.75) is 27.3 Å². The van der Waals surface area contributed by atoms with Gasteiger partial charge in [0.25, 0.3) is 0 Å². The number of nitrogens with zero attached hydrogens (tertiary/aromatic N) is 1. The van der Waals surface area contributed by atoms with Gasteiger partial charge in [-0.15, -0.1) is 0 Å². The highest BCUT2D eigenvalue weighted by atomic mass is 16.4. The van der Waals surface area contributed by atoms with Crippen molar-refractivity contribution >= 4 is 11.0 Å². The van der Waals surface area contributed by atoms with Gasteiger partial charge in [0.2, 0.25) is 0 Å². The molecule has 108 valence electrons. The number of aliphatic hydroxyl groups excluding tert-OH is 1. The third-order valence-corrected chi connectivity index (χ3v) is 3.52. The lowest BCUT2D eigenvalue weighted by molar-refractivity contribution is 0.197. The minimum absolute atomic E-state index is 0.116. The molecule has 0 saturated carbocycles. The maximum atomic E-state index is 11.7. The van der Waals surface area contributed by atoms with Gasteiger partial charge in [-0.1, -0.05) is 13.0 Å². The van der Waals surface area contributed by atoms with Gasteiger partial charge in [-0.05, 0) is 43.1 Å². The maximum Gasteiger partial charge on any atom is 0.336 e. The summed E-state index contributed by atoms with van der Waals surface area (Å²) in [7, 11) is 0. The molecule has 0 unspecified atom stereocenters. The molecule has 0 saturated heterocycles. The number of aryl methyl sites for hydroxylation is 2. The molecule has 0 atom stereocenters. The summed E-state index contributed by atoms with van der Waals surface area (Å²) in [6.07, 6.45) is 0. The monoisotopic (exact) mass is 275 g/mol. The van der Waals surface area contributed by atoms with Gasteiger partial charge in [0.15, 0.2) is 0 Å². The second-order valence-electron chi connectivity index (χ2n) is 5.14. The molecule has 0 aliphatic heterocycles. The van der Waals surface area contributed by atoms with Crippen molar-refractivity contribution in [2.75, 3.05) is 19.7 Å². The number of aliphatic hydroxyl groups is 1. The van der Waals surface area contributed by atoms with Crippen molar-refractivity contribution in [3.63, 3.8) is 0 Å². The molecular weight excluding hydrogens is 254 g/mol. The summed E-state index contributed by atoms with van der Waals surface area (Å²) in [4.78, 5) is 13.8. The highest BCUT2D eigenvalue weighted by Crippen LogP contribution is 2.23. The zero-order valence-electron chi connectivity index (χ0n) is 12.3. The largest absolute Gasteiger partial charge is 0.422 e. The van der Waals surface area contributed by atoms with Crippen LogP contribution in [0.5, 0.6) is 0 Å². The minimum atomic E-state index is -0.320. The molecule has 0 amide bonds. The summed E-state index contributed by atoms with van der Waals surface area (Å²) in [6.45, 7) is 8.21. The Hall–Kier alpha value is -1.65. The molecule has 2 aromatic rings. The summed E-state index contributed by atoms with van der Waals surface area (Å²) in [5.74, 6) is 0. The van der Waals surface area contributed by atoms with E-state index in [2.05, 4.69) is 4.90 Å². The van der Waals surface area contributed by atoms with Crippen molar-refractivity contribution in [3.8, 4) is 0 Å². The van der Waals surface area contributed by atoms with E-state index < -0.39 is 0 Å². The molecule has 2 rings (SSSR count). The van der Waals surface area contributed by atoms with Crippen molar-refractivity contribution in [2.24, 2.45) is 0 Å². The third kappa shape index (κ3) is 3.08. The van der Waals surface area contributed by atoms with Crippen LogP contribution in [0.2, 0.25) is 0 Å². The molecule has 0 bridgehead atoms. The molecule has 0 spiro atoms. The normalized spacial score (nSPS) is 11.4. The fraction of sp³-hybridized carbons (Fsp3) is 0.438. The van der Waals surface area contributed by atoms with Crippen LogP contribution < -0.4 is 5.63 Å². The van der Waals surface area contributed by atoms with Gasteiger partial charge in [-0.25, -0.2) is 4.79 Å². The summed E-state index contributed by atoms with van der Waals surface area (Å²) < 4.78 is 5.34. The Bertz CT molecular complexity index is 661. The van der Waals surface area contributed by atoms with Gasteiger partial charge >= 0.3 is 5.63 Å². The Morgan fingerprint density at radius 3 is 2.65 bits per heavy atom. The van der Waals surface area contributed by atoms with Crippen LogP contribution in [-0.2, 0) is 6.54 Å². The van der Waals surface area contributed by atoms with E-state index in [9.17, 15) is 4.79 Å². The number of benzene rings is 1. The first-order chi connectivity index (χ1) is 9.55. The predicted octanol–water partition coefficient (Wildman–Crippen LogP) is 2.22. The van der Waals surface area contributed by atoms with Crippen LogP contribution in [0.3, 0.4) is 0 Å². The highest BCUT2D eigenvalue weighted by Gasteiger charge is 2.11. The minimum Gasteiger partial charge on any atom is -0.422 e. The fourth-order valence-corrected chi connectivity index (χ4v) is 2.54. The quantitative estimate of drug-likeness (QED) is 0.850. The topological polar surface area (TPSA) is 53.7 Å². The molecule has 1 aromatic carbocycles. The summed E-state index contributed by atoms with van der Waals surface area (Å²) in [5, 5.41) is 10.1. The van der Waals surface area contributed by atoms with Crippen molar-refractivity contribution in [1.29, 1.82) is 0 Å². The van der Waals surface area contributed by atoms with Gasteiger partial charge in [-0.3, -0.25) is 4.90 Å². The smallest absolute Gasteiger partial charge is 0.336 e. The molecular formula is C16H21NO3. The van der Waals surface area contributed by atoms with E-state index in [4.69, 9.17) is 9.52 Å². The lowest BCUT2D eigenvalue weighted by atomic mass is 10.0. The summed E-state index contributed by atoms with van der Waals surface area (Å²) in [6, 6.07) is 5.62. The van der Waals surface area contributed by atoms with Crippen LogP contribution in [0.1, 0.15) is 23.6 Å². The molecule has 1 N–H and O–H groups in total. The lowest BCUT2D eigenvalue weighted by Gasteiger charge is -2.20. The predicted molar refractivity (Wildman–Crippen MR) is 80.0 cm³/mol. The van der Waals surface area contributed by atoms with E-state index in [1.807, 2.05) is 32.9 Å². The van der Waals surface area contributed by atoms with Crippen LogP contribution in [0.15, 0.2) is 27.4 Å². The molecule has 1 heterocycles. The van der Waals surface area contributed by atoms with Gasteiger partial charge in [0.1, 0.15) is 5.58 Å². The van der Waals surface area contributed by atoms with Gasteiger partial charge in [-0.2, -0.15) is 0 Å². The van der Waals surface area contributed by atoms with E-state index in [1.54, 1.807) is 6.07 Å². The number of hydrogen-bond acceptors (Lipinski definition) is 4. The average molecular weight is 275 g/mol. The lowest BCUT2D eigenvalue weighted by Crippen LogP contribution is -2.26.